The molecule has 4 aliphatic rings. The van der Waals surface area contributed by atoms with Crippen LogP contribution in [0.2, 0.25) is 0 Å². The van der Waals surface area contributed by atoms with E-state index in [2.05, 4.69) is 9.80 Å². The molecule has 0 unspecified atom stereocenters. The fourth-order valence-corrected chi connectivity index (χ4v) is 4.66. The van der Waals surface area contributed by atoms with Gasteiger partial charge in [0.1, 0.15) is 0 Å². The zero-order valence-electron chi connectivity index (χ0n) is 14.1. The Bertz CT molecular complexity index is 498. The van der Waals surface area contributed by atoms with Crippen LogP contribution in [0.25, 0.3) is 0 Å². The monoisotopic (exact) mass is 320 g/mol. The lowest BCUT2D eigenvalue weighted by atomic mass is 9.82. The van der Waals surface area contributed by atoms with Crippen LogP contribution in [0.5, 0.6) is 0 Å². The van der Waals surface area contributed by atoms with E-state index in [1.165, 1.54) is 12.8 Å². The lowest BCUT2D eigenvalue weighted by Crippen LogP contribution is -2.58. The van der Waals surface area contributed by atoms with E-state index in [-0.39, 0.29) is 5.41 Å². The van der Waals surface area contributed by atoms with Crippen LogP contribution in [0.3, 0.4) is 0 Å². The second-order valence-corrected chi connectivity index (χ2v) is 7.96. The summed E-state index contributed by atoms with van der Waals surface area (Å²) < 4.78 is 5.19. The smallest absolute Gasteiger partial charge is 0.228 e. The Hall–Kier alpha value is -1.10. The summed E-state index contributed by atoms with van der Waals surface area (Å²) in [5.41, 5.74) is -0.122. The van der Waals surface area contributed by atoms with E-state index in [4.69, 9.17) is 4.74 Å². The number of methoxy groups -OCH3 is 1. The van der Waals surface area contributed by atoms with Crippen molar-refractivity contribution in [1.29, 1.82) is 0 Å². The number of piperidine rings is 2. The molecule has 0 bridgehead atoms. The Balaban J connectivity index is 1.41. The molecule has 5 nitrogen and oxygen atoms in total. The van der Waals surface area contributed by atoms with Crippen LogP contribution in [0.15, 0.2) is 0 Å². The molecule has 2 amide bonds. The summed E-state index contributed by atoms with van der Waals surface area (Å²) in [6.45, 7) is 2.36. The van der Waals surface area contributed by atoms with Crippen molar-refractivity contribution in [3.8, 4) is 0 Å². The summed E-state index contributed by atoms with van der Waals surface area (Å²) >= 11 is 0. The number of fused-ring (bicyclic) bond motifs is 1. The predicted molar refractivity (Wildman–Crippen MR) is 85.7 cm³/mol. The molecule has 4 rings (SSSR count). The number of ether oxygens (including phenoxy) is 1. The Morgan fingerprint density at radius 2 is 2.04 bits per heavy atom. The molecule has 2 aliphatic heterocycles. The number of amides is 2. The Labute approximate surface area is 138 Å². The molecule has 0 spiro atoms. The minimum Gasteiger partial charge on any atom is -0.385 e. The minimum absolute atomic E-state index is 0.122. The van der Waals surface area contributed by atoms with Gasteiger partial charge in [-0.2, -0.15) is 0 Å². The van der Waals surface area contributed by atoms with E-state index in [1.807, 2.05) is 0 Å². The highest BCUT2D eigenvalue weighted by molar-refractivity contribution is 5.85. The maximum Gasteiger partial charge on any atom is 0.228 e. The van der Waals surface area contributed by atoms with Crippen molar-refractivity contribution in [2.45, 2.75) is 63.5 Å². The van der Waals surface area contributed by atoms with Crippen molar-refractivity contribution in [3.63, 3.8) is 0 Å². The predicted octanol–water partition coefficient (Wildman–Crippen LogP) is 1.80. The van der Waals surface area contributed by atoms with Crippen LogP contribution >= 0.6 is 0 Å². The number of likely N-dealkylation sites (tertiary alicyclic amines) is 2. The first kappa shape index (κ1) is 15.4. The van der Waals surface area contributed by atoms with Crippen molar-refractivity contribution in [2.24, 2.45) is 11.3 Å². The summed E-state index contributed by atoms with van der Waals surface area (Å²) in [6.07, 6.45) is 7.86. The highest BCUT2D eigenvalue weighted by Gasteiger charge is 2.53. The van der Waals surface area contributed by atoms with Crippen LogP contribution in [0, 0.1) is 11.3 Å². The molecular formula is C18H28N2O3. The van der Waals surface area contributed by atoms with Gasteiger partial charge in [0.15, 0.2) is 0 Å². The van der Waals surface area contributed by atoms with Crippen molar-refractivity contribution in [3.05, 3.63) is 0 Å². The summed E-state index contributed by atoms with van der Waals surface area (Å²) in [7, 11) is 1.71. The van der Waals surface area contributed by atoms with E-state index >= 15 is 0 Å². The SMILES string of the molecule is COCCC1(C(=O)N2CC[C@H]3[C@H](CCC(=O)N3C3CC3)C2)CC1. The summed E-state index contributed by atoms with van der Waals surface area (Å²) in [6, 6.07) is 0.899. The van der Waals surface area contributed by atoms with Gasteiger partial charge in [0.05, 0.1) is 5.41 Å². The van der Waals surface area contributed by atoms with E-state index < -0.39 is 0 Å². The molecule has 0 N–H and O–H groups in total. The van der Waals surface area contributed by atoms with Gasteiger partial charge in [0.2, 0.25) is 11.8 Å². The second-order valence-electron chi connectivity index (χ2n) is 7.96. The molecule has 0 aromatic heterocycles. The molecule has 2 atom stereocenters. The van der Waals surface area contributed by atoms with Gasteiger partial charge in [0, 0.05) is 45.3 Å². The van der Waals surface area contributed by atoms with Gasteiger partial charge < -0.3 is 14.5 Å². The first-order valence-corrected chi connectivity index (χ1v) is 9.24. The van der Waals surface area contributed by atoms with Crippen LogP contribution in [0.4, 0.5) is 0 Å². The lowest BCUT2D eigenvalue weighted by Gasteiger charge is -2.48. The topological polar surface area (TPSA) is 49.9 Å². The number of rotatable bonds is 5. The molecule has 0 aromatic rings. The minimum atomic E-state index is -0.122. The Morgan fingerprint density at radius 1 is 1.26 bits per heavy atom. The highest BCUT2D eigenvalue weighted by Crippen LogP contribution is 2.51. The number of carbonyl (C=O) groups excluding carboxylic acids is 2. The van der Waals surface area contributed by atoms with Crippen molar-refractivity contribution in [1.82, 2.24) is 9.80 Å². The van der Waals surface area contributed by atoms with Gasteiger partial charge in [0.25, 0.3) is 0 Å². The molecule has 2 saturated heterocycles. The van der Waals surface area contributed by atoms with E-state index in [9.17, 15) is 9.59 Å². The average Bonchev–Trinajstić information content (AvgIpc) is 3.46. The molecule has 5 heteroatoms. The quantitative estimate of drug-likeness (QED) is 0.776. The third kappa shape index (κ3) is 2.77. The van der Waals surface area contributed by atoms with Gasteiger partial charge in [-0.3, -0.25) is 9.59 Å². The summed E-state index contributed by atoms with van der Waals surface area (Å²) in [5.74, 6) is 1.19. The first-order chi connectivity index (χ1) is 11.1. The Kier molecular flexibility index (Phi) is 3.87. The third-order valence-electron chi connectivity index (χ3n) is 6.39. The summed E-state index contributed by atoms with van der Waals surface area (Å²) in [4.78, 5) is 29.5. The fraction of sp³-hybridized carbons (Fsp3) is 0.889. The molecule has 128 valence electrons. The molecule has 23 heavy (non-hydrogen) atoms. The van der Waals surface area contributed by atoms with Crippen molar-refractivity contribution in [2.75, 3.05) is 26.8 Å². The highest BCUT2D eigenvalue weighted by atomic mass is 16.5. The molecule has 2 aliphatic carbocycles. The van der Waals surface area contributed by atoms with Gasteiger partial charge in [-0.05, 0) is 50.9 Å². The molecule has 0 radical (unpaired) electrons. The number of hydrogen-bond donors (Lipinski definition) is 0. The van der Waals surface area contributed by atoms with Crippen LogP contribution in [-0.2, 0) is 14.3 Å². The van der Waals surface area contributed by atoms with Gasteiger partial charge >= 0.3 is 0 Å². The fourth-order valence-electron chi connectivity index (χ4n) is 4.66. The van der Waals surface area contributed by atoms with Crippen LogP contribution in [-0.4, -0.2) is 60.5 Å². The number of hydrogen-bond acceptors (Lipinski definition) is 3. The maximum atomic E-state index is 12.9. The normalized spacial score (nSPS) is 32.7. The van der Waals surface area contributed by atoms with Crippen LogP contribution in [0.1, 0.15) is 51.4 Å². The molecular weight excluding hydrogens is 292 g/mol. The summed E-state index contributed by atoms with van der Waals surface area (Å²) in [5, 5.41) is 0. The first-order valence-electron chi connectivity index (χ1n) is 9.24. The van der Waals surface area contributed by atoms with Crippen LogP contribution < -0.4 is 0 Å². The second kappa shape index (κ2) is 5.76. The number of nitrogens with zero attached hydrogens (tertiary/aromatic N) is 2. The van der Waals surface area contributed by atoms with Gasteiger partial charge in [-0.1, -0.05) is 0 Å². The third-order valence-corrected chi connectivity index (χ3v) is 6.39. The zero-order valence-corrected chi connectivity index (χ0v) is 14.1. The van der Waals surface area contributed by atoms with E-state index in [1.54, 1.807) is 7.11 Å². The average molecular weight is 320 g/mol. The molecule has 2 saturated carbocycles. The van der Waals surface area contributed by atoms with Gasteiger partial charge in [-0.25, -0.2) is 0 Å². The van der Waals surface area contributed by atoms with E-state index in [0.29, 0.717) is 42.8 Å². The largest absolute Gasteiger partial charge is 0.385 e. The Morgan fingerprint density at radius 3 is 2.70 bits per heavy atom. The zero-order chi connectivity index (χ0) is 16.0. The van der Waals surface area contributed by atoms with Crippen molar-refractivity contribution < 1.29 is 14.3 Å². The maximum absolute atomic E-state index is 12.9. The molecule has 0 aromatic carbocycles. The van der Waals surface area contributed by atoms with E-state index in [0.717, 1.165) is 45.2 Å². The molecule has 2 heterocycles. The van der Waals surface area contributed by atoms with Crippen molar-refractivity contribution >= 4 is 11.8 Å². The number of carbonyl (C=O) groups is 2. The standard InChI is InChI=1S/C18H28N2O3/c1-23-11-9-18(7-8-18)17(22)19-10-6-15-13(12-19)2-5-16(21)20(15)14-3-4-14/h13-15H,2-12H2,1H3/t13-,15+/m1/s1. The molecule has 4 fully saturated rings. The lowest BCUT2D eigenvalue weighted by molar-refractivity contribution is -0.147. The van der Waals surface area contributed by atoms with Gasteiger partial charge in [-0.15, -0.1) is 0 Å².